The molecule has 0 bridgehead atoms. The number of carbonyl (C=O) groups excluding carboxylic acids is 1. The third-order valence-electron chi connectivity index (χ3n) is 4.79. The van der Waals surface area contributed by atoms with Crippen molar-refractivity contribution in [3.63, 3.8) is 0 Å². The van der Waals surface area contributed by atoms with E-state index in [1.807, 2.05) is 17.0 Å². The summed E-state index contributed by atoms with van der Waals surface area (Å²) < 4.78 is 2.09. The highest BCUT2D eigenvalue weighted by Crippen LogP contribution is 2.32. The van der Waals surface area contributed by atoms with Crippen LogP contribution in [0.25, 0.3) is 10.2 Å². The van der Waals surface area contributed by atoms with Gasteiger partial charge in [0.1, 0.15) is 0 Å². The highest BCUT2D eigenvalue weighted by Gasteiger charge is 2.23. The zero-order valence-corrected chi connectivity index (χ0v) is 20.5. The summed E-state index contributed by atoms with van der Waals surface area (Å²) >= 11 is 6.52. The van der Waals surface area contributed by atoms with E-state index in [-0.39, 0.29) is 18.3 Å². The van der Waals surface area contributed by atoms with Crippen molar-refractivity contribution in [1.29, 1.82) is 0 Å². The summed E-state index contributed by atoms with van der Waals surface area (Å²) in [4.78, 5) is 22.9. The van der Waals surface area contributed by atoms with Crippen LogP contribution in [-0.4, -0.2) is 42.0 Å². The zero-order chi connectivity index (χ0) is 19.6. The summed E-state index contributed by atoms with van der Waals surface area (Å²) in [5.74, 6) is 0.0188. The van der Waals surface area contributed by atoms with E-state index in [0.29, 0.717) is 6.54 Å². The largest absolute Gasteiger partial charge is 0.302 e. The molecule has 0 spiro atoms. The number of rotatable bonds is 7. The van der Waals surface area contributed by atoms with Gasteiger partial charge in [-0.25, -0.2) is 4.98 Å². The molecule has 2 aromatic heterocycles. The highest BCUT2D eigenvalue weighted by atomic mass is 79.9. The first-order valence-corrected chi connectivity index (χ1v) is 11.5. The molecular weight excluding hydrogens is 478 g/mol. The first kappa shape index (κ1) is 23.3. The second-order valence-corrected chi connectivity index (χ2v) is 9.96. The van der Waals surface area contributed by atoms with E-state index in [1.54, 1.807) is 11.3 Å². The van der Waals surface area contributed by atoms with Crippen LogP contribution in [0.4, 0.5) is 5.13 Å². The number of hydrogen-bond acceptors (Lipinski definition) is 5. The number of halogens is 2. The van der Waals surface area contributed by atoms with Crippen LogP contribution in [0, 0.1) is 13.8 Å². The van der Waals surface area contributed by atoms with E-state index in [1.165, 1.54) is 22.5 Å². The molecule has 4 nitrogen and oxygen atoms in total. The van der Waals surface area contributed by atoms with Crippen molar-refractivity contribution in [2.45, 2.75) is 27.7 Å². The molecule has 1 amide bonds. The highest BCUT2D eigenvalue weighted by molar-refractivity contribution is 9.11. The van der Waals surface area contributed by atoms with Gasteiger partial charge in [0.05, 0.1) is 18.9 Å². The molecule has 0 unspecified atom stereocenters. The summed E-state index contributed by atoms with van der Waals surface area (Å²) in [6.45, 7) is 11.9. The number of aromatic nitrogens is 1. The van der Waals surface area contributed by atoms with Crippen molar-refractivity contribution in [2.75, 3.05) is 31.1 Å². The normalized spacial score (nSPS) is 11.1. The molecule has 0 N–H and O–H groups in total. The molecule has 3 aromatic rings. The van der Waals surface area contributed by atoms with Crippen LogP contribution >= 0.6 is 51.0 Å². The van der Waals surface area contributed by atoms with Crippen molar-refractivity contribution >= 4 is 72.3 Å². The average Bonchev–Trinajstić information content (AvgIpc) is 3.25. The van der Waals surface area contributed by atoms with E-state index >= 15 is 0 Å². The van der Waals surface area contributed by atoms with Gasteiger partial charge in [0.2, 0.25) is 0 Å². The van der Waals surface area contributed by atoms with Gasteiger partial charge in [-0.05, 0) is 78.3 Å². The number of hydrogen-bond donors (Lipinski definition) is 0. The van der Waals surface area contributed by atoms with Crippen molar-refractivity contribution in [1.82, 2.24) is 9.88 Å². The fourth-order valence-electron chi connectivity index (χ4n) is 2.91. The Morgan fingerprint density at radius 3 is 2.36 bits per heavy atom. The second kappa shape index (κ2) is 10.2. The minimum Gasteiger partial charge on any atom is -0.302 e. The molecule has 0 aliphatic rings. The molecule has 28 heavy (non-hydrogen) atoms. The zero-order valence-electron chi connectivity index (χ0n) is 16.5. The van der Waals surface area contributed by atoms with Crippen molar-refractivity contribution in [3.05, 3.63) is 44.1 Å². The van der Waals surface area contributed by atoms with Gasteiger partial charge in [-0.15, -0.1) is 23.7 Å². The molecule has 0 fully saturated rings. The topological polar surface area (TPSA) is 36.4 Å². The van der Waals surface area contributed by atoms with Crippen LogP contribution in [0.3, 0.4) is 0 Å². The Morgan fingerprint density at radius 2 is 1.75 bits per heavy atom. The number of thiophene rings is 1. The number of anilines is 1. The van der Waals surface area contributed by atoms with Gasteiger partial charge in [-0.1, -0.05) is 25.2 Å². The maximum Gasteiger partial charge on any atom is 0.270 e. The van der Waals surface area contributed by atoms with Gasteiger partial charge in [0.15, 0.2) is 5.13 Å². The lowest BCUT2D eigenvalue weighted by Gasteiger charge is -2.24. The molecule has 0 saturated carbocycles. The van der Waals surface area contributed by atoms with Gasteiger partial charge >= 0.3 is 0 Å². The van der Waals surface area contributed by atoms with Crippen LogP contribution in [0.5, 0.6) is 0 Å². The lowest BCUT2D eigenvalue weighted by Crippen LogP contribution is -2.38. The maximum absolute atomic E-state index is 13.2. The number of amides is 1. The summed E-state index contributed by atoms with van der Waals surface area (Å²) in [6.07, 6.45) is 0. The summed E-state index contributed by atoms with van der Waals surface area (Å²) in [7, 11) is 0. The van der Waals surface area contributed by atoms with E-state index in [0.717, 1.165) is 43.6 Å². The average molecular weight is 503 g/mol. The minimum atomic E-state index is 0. The van der Waals surface area contributed by atoms with E-state index in [9.17, 15) is 4.79 Å². The molecule has 3 rings (SSSR count). The first-order valence-electron chi connectivity index (χ1n) is 9.10. The number of nitrogens with zero attached hydrogens (tertiary/aromatic N) is 3. The standard InChI is InChI=1S/C20H24BrN3OS2.ClH/c1-5-23(6-2)9-10-24(19(25)16-7-8-18(21)26-16)20-22-15-11-13(3)14(4)12-17(15)27-20;/h7-8,11-12H,5-6,9-10H2,1-4H3;1H. The van der Waals surface area contributed by atoms with E-state index in [4.69, 9.17) is 4.98 Å². The number of benzene rings is 1. The number of thiazole rings is 1. The monoisotopic (exact) mass is 501 g/mol. The maximum atomic E-state index is 13.2. The first-order chi connectivity index (χ1) is 12.9. The smallest absolute Gasteiger partial charge is 0.270 e. The van der Waals surface area contributed by atoms with Crippen LogP contribution in [-0.2, 0) is 0 Å². The van der Waals surface area contributed by atoms with Gasteiger partial charge in [-0.3, -0.25) is 9.69 Å². The second-order valence-electron chi connectivity index (χ2n) is 6.49. The number of likely N-dealkylation sites (N-methyl/N-ethyl adjacent to an activating group) is 1. The predicted octanol–water partition coefficient (Wildman–Crippen LogP) is 6.15. The SMILES string of the molecule is CCN(CC)CCN(C(=O)c1ccc(Br)s1)c1nc2cc(C)c(C)cc2s1.Cl. The summed E-state index contributed by atoms with van der Waals surface area (Å²) in [6, 6.07) is 8.08. The molecule has 152 valence electrons. The van der Waals surface area contributed by atoms with Gasteiger partial charge in [-0.2, -0.15) is 0 Å². The van der Waals surface area contributed by atoms with Crippen molar-refractivity contribution in [3.8, 4) is 0 Å². The lowest BCUT2D eigenvalue weighted by molar-refractivity contribution is 0.0987. The third kappa shape index (κ3) is 5.13. The lowest BCUT2D eigenvalue weighted by atomic mass is 10.1. The Balaban J connectivity index is 0.00000280. The molecular formula is C20H25BrClN3OS2. The van der Waals surface area contributed by atoms with Crippen molar-refractivity contribution in [2.24, 2.45) is 0 Å². The molecule has 0 radical (unpaired) electrons. The molecule has 0 saturated heterocycles. The molecule has 2 heterocycles. The number of fused-ring (bicyclic) bond motifs is 1. The Bertz CT molecular complexity index is 913. The van der Waals surface area contributed by atoms with Crippen LogP contribution in [0.2, 0.25) is 0 Å². The van der Waals surface area contributed by atoms with Gasteiger partial charge < -0.3 is 4.90 Å². The van der Waals surface area contributed by atoms with Gasteiger partial charge in [0, 0.05) is 13.1 Å². The Labute approximate surface area is 189 Å². The van der Waals surface area contributed by atoms with E-state index in [2.05, 4.69) is 60.7 Å². The summed E-state index contributed by atoms with van der Waals surface area (Å²) in [5.41, 5.74) is 3.44. The molecule has 0 aliphatic heterocycles. The molecule has 0 atom stereocenters. The van der Waals surface area contributed by atoms with Crippen LogP contribution < -0.4 is 4.90 Å². The fourth-order valence-corrected chi connectivity index (χ4v) is 5.32. The minimum absolute atomic E-state index is 0. The van der Waals surface area contributed by atoms with Crippen molar-refractivity contribution < 1.29 is 4.79 Å². The van der Waals surface area contributed by atoms with E-state index < -0.39 is 0 Å². The van der Waals surface area contributed by atoms with Crippen LogP contribution in [0.15, 0.2) is 28.1 Å². The fraction of sp³-hybridized carbons (Fsp3) is 0.400. The Hall–Kier alpha value is -0.990. The third-order valence-corrected chi connectivity index (χ3v) is 7.44. The quantitative estimate of drug-likeness (QED) is 0.389. The Kier molecular flexibility index (Phi) is 8.45. The number of aryl methyl sites for hydroxylation is 2. The predicted molar refractivity (Wildman–Crippen MR) is 128 cm³/mol. The number of carbonyl (C=O) groups is 1. The van der Waals surface area contributed by atoms with Gasteiger partial charge in [0.25, 0.3) is 5.91 Å². The van der Waals surface area contributed by atoms with Crippen LogP contribution in [0.1, 0.15) is 34.6 Å². The molecule has 1 aromatic carbocycles. The molecule has 8 heteroatoms. The Morgan fingerprint density at radius 1 is 1.07 bits per heavy atom. The summed E-state index contributed by atoms with van der Waals surface area (Å²) in [5, 5.41) is 0.775. The molecule has 0 aliphatic carbocycles.